The monoisotopic (exact) mass is 363 g/mol. The molecular weight excluding hydrogens is 346 g/mol. The zero-order chi connectivity index (χ0) is 19.3. The highest BCUT2D eigenvalue weighted by atomic mass is 16.3. The molecule has 1 heterocycles. The van der Waals surface area contributed by atoms with Gasteiger partial charge in [-0.3, -0.25) is 4.98 Å². The average Bonchev–Trinajstić information content (AvgIpc) is 2.75. The highest BCUT2D eigenvalue weighted by Gasteiger charge is 2.07. The first-order valence-electron chi connectivity index (χ1n) is 8.83. The van der Waals surface area contributed by atoms with Gasteiger partial charge in [-0.2, -0.15) is 5.26 Å². The van der Waals surface area contributed by atoms with Crippen molar-refractivity contribution in [2.75, 3.05) is 5.32 Å². The number of phenols is 1. The number of benzene rings is 3. The SMILES string of the molecule is N#Cc1cncc(Nc2cc(-c3ccccc3)cc(-c3ccc(O)cc3)c2)c1. The van der Waals surface area contributed by atoms with Gasteiger partial charge in [0, 0.05) is 11.9 Å². The van der Waals surface area contributed by atoms with Crippen molar-refractivity contribution < 1.29 is 5.11 Å². The van der Waals surface area contributed by atoms with E-state index < -0.39 is 0 Å². The maximum absolute atomic E-state index is 9.59. The number of pyridine rings is 1. The maximum atomic E-state index is 9.59. The number of nitriles is 1. The Morgan fingerprint density at radius 1 is 0.714 bits per heavy atom. The summed E-state index contributed by atoms with van der Waals surface area (Å²) < 4.78 is 0. The van der Waals surface area contributed by atoms with Crippen LogP contribution in [0.2, 0.25) is 0 Å². The van der Waals surface area contributed by atoms with Gasteiger partial charge >= 0.3 is 0 Å². The third kappa shape index (κ3) is 3.84. The molecule has 0 unspecified atom stereocenters. The van der Waals surface area contributed by atoms with E-state index in [1.807, 2.05) is 36.4 Å². The lowest BCUT2D eigenvalue weighted by Crippen LogP contribution is -1.94. The summed E-state index contributed by atoms with van der Waals surface area (Å²) >= 11 is 0. The van der Waals surface area contributed by atoms with Crippen molar-refractivity contribution in [3.05, 3.63) is 96.8 Å². The zero-order valence-corrected chi connectivity index (χ0v) is 15.0. The van der Waals surface area contributed by atoms with Gasteiger partial charge in [-0.15, -0.1) is 0 Å². The van der Waals surface area contributed by atoms with Crippen LogP contribution in [0.25, 0.3) is 22.3 Å². The van der Waals surface area contributed by atoms with Crippen molar-refractivity contribution in [2.45, 2.75) is 0 Å². The van der Waals surface area contributed by atoms with E-state index in [0.29, 0.717) is 5.56 Å². The first-order chi connectivity index (χ1) is 13.7. The van der Waals surface area contributed by atoms with Crippen LogP contribution in [0.4, 0.5) is 11.4 Å². The summed E-state index contributed by atoms with van der Waals surface area (Å²) in [5.41, 5.74) is 6.34. The smallest absolute Gasteiger partial charge is 0.115 e. The van der Waals surface area contributed by atoms with Crippen molar-refractivity contribution >= 4 is 11.4 Å². The Bertz CT molecular complexity index is 1150. The Morgan fingerprint density at radius 2 is 1.39 bits per heavy atom. The molecule has 0 amide bonds. The van der Waals surface area contributed by atoms with E-state index in [1.54, 1.807) is 24.4 Å². The van der Waals surface area contributed by atoms with E-state index in [9.17, 15) is 5.11 Å². The molecular formula is C24H17N3O. The highest BCUT2D eigenvalue weighted by molar-refractivity contribution is 5.79. The molecule has 4 aromatic rings. The number of rotatable bonds is 4. The second-order valence-corrected chi connectivity index (χ2v) is 6.41. The molecule has 0 aliphatic carbocycles. The Labute approximate surface area is 163 Å². The topological polar surface area (TPSA) is 68.9 Å². The van der Waals surface area contributed by atoms with Crippen molar-refractivity contribution in [3.63, 3.8) is 0 Å². The summed E-state index contributed by atoms with van der Waals surface area (Å²) in [6, 6.07) is 27.4. The molecule has 0 bridgehead atoms. The lowest BCUT2D eigenvalue weighted by Gasteiger charge is -2.13. The van der Waals surface area contributed by atoms with Crippen molar-refractivity contribution in [3.8, 4) is 34.1 Å². The van der Waals surface area contributed by atoms with E-state index in [2.05, 4.69) is 40.6 Å². The van der Waals surface area contributed by atoms with E-state index in [0.717, 1.165) is 33.6 Å². The quantitative estimate of drug-likeness (QED) is 0.485. The molecule has 1 aromatic heterocycles. The van der Waals surface area contributed by atoms with Crippen LogP contribution in [0.1, 0.15) is 5.56 Å². The molecule has 0 aliphatic rings. The lowest BCUT2D eigenvalue weighted by atomic mass is 9.98. The van der Waals surface area contributed by atoms with E-state index >= 15 is 0 Å². The highest BCUT2D eigenvalue weighted by Crippen LogP contribution is 2.32. The predicted molar refractivity (Wildman–Crippen MR) is 111 cm³/mol. The summed E-state index contributed by atoms with van der Waals surface area (Å²) in [7, 11) is 0. The molecule has 0 saturated carbocycles. The molecule has 0 spiro atoms. The van der Waals surface area contributed by atoms with Crippen LogP contribution in [0.15, 0.2) is 91.3 Å². The van der Waals surface area contributed by atoms with Gasteiger partial charge in [0.2, 0.25) is 0 Å². The summed E-state index contributed by atoms with van der Waals surface area (Å²) in [4.78, 5) is 4.11. The Morgan fingerprint density at radius 3 is 2.07 bits per heavy atom. The number of nitrogens with zero attached hydrogens (tertiary/aromatic N) is 2. The van der Waals surface area contributed by atoms with Gasteiger partial charge in [-0.05, 0) is 58.7 Å². The van der Waals surface area contributed by atoms with E-state index in [4.69, 9.17) is 5.26 Å². The average molecular weight is 363 g/mol. The Kier molecular flexibility index (Phi) is 4.73. The van der Waals surface area contributed by atoms with Crippen LogP contribution < -0.4 is 5.32 Å². The van der Waals surface area contributed by atoms with Crippen molar-refractivity contribution in [1.29, 1.82) is 5.26 Å². The van der Waals surface area contributed by atoms with Gasteiger partial charge < -0.3 is 10.4 Å². The van der Waals surface area contributed by atoms with Crippen LogP contribution in [0.5, 0.6) is 5.75 Å². The standard InChI is InChI=1S/C24H17N3O/c25-14-17-10-23(16-26-15-17)27-22-12-20(18-4-2-1-3-5-18)11-21(13-22)19-6-8-24(28)9-7-19/h1-13,15-16,27-28H. The number of hydrogen-bond donors (Lipinski definition) is 2. The summed E-state index contributed by atoms with van der Waals surface area (Å²) in [5, 5.41) is 22.0. The molecule has 3 aromatic carbocycles. The lowest BCUT2D eigenvalue weighted by molar-refractivity contribution is 0.475. The van der Waals surface area contributed by atoms with Crippen molar-refractivity contribution in [2.24, 2.45) is 0 Å². The molecule has 0 radical (unpaired) electrons. The van der Waals surface area contributed by atoms with Gasteiger partial charge in [0.05, 0.1) is 17.4 Å². The maximum Gasteiger partial charge on any atom is 0.115 e. The summed E-state index contributed by atoms with van der Waals surface area (Å²) in [5.74, 6) is 0.237. The number of anilines is 2. The summed E-state index contributed by atoms with van der Waals surface area (Å²) in [6.07, 6.45) is 3.23. The zero-order valence-electron chi connectivity index (χ0n) is 15.0. The van der Waals surface area contributed by atoms with Crippen LogP contribution in [-0.4, -0.2) is 10.1 Å². The molecule has 4 heteroatoms. The Hall–Kier alpha value is -4.10. The number of hydrogen-bond acceptors (Lipinski definition) is 4. The molecule has 2 N–H and O–H groups in total. The van der Waals surface area contributed by atoms with Gasteiger partial charge in [0.25, 0.3) is 0 Å². The molecule has 0 aliphatic heterocycles. The second kappa shape index (κ2) is 7.65. The molecule has 28 heavy (non-hydrogen) atoms. The van der Waals surface area contributed by atoms with Crippen LogP contribution in [0.3, 0.4) is 0 Å². The molecule has 134 valence electrons. The molecule has 0 atom stereocenters. The third-order valence-electron chi connectivity index (χ3n) is 4.40. The summed E-state index contributed by atoms with van der Waals surface area (Å²) in [6.45, 7) is 0. The van der Waals surface area contributed by atoms with Crippen LogP contribution >= 0.6 is 0 Å². The first-order valence-corrected chi connectivity index (χ1v) is 8.83. The minimum Gasteiger partial charge on any atom is -0.508 e. The molecule has 0 saturated heterocycles. The number of nitrogens with one attached hydrogen (secondary N) is 1. The first kappa shape index (κ1) is 17.3. The van der Waals surface area contributed by atoms with Gasteiger partial charge in [0.1, 0.15) is 11.8 Å². The fraction of sp³-hybridized carbons (Fsp3) is 0. The van der Waals surface area contributed by atoms with Gasteiger partial charge in [0.15, 0.2) is 0 Å². The van der Waals surface area contributed by atoms with Gasteiger partial charge in [-0.1, -0.05) is 42.5 Å². The minimum atomic E-state index is 0.237. The van der Waals surface area contributed by atoms with Crippen LogP contribution in [0, 0.1) is 11.3 Å². The largest absolute Gasteiger partial charge is 0.508 e. The number of phenolic OH excluding ortho intramolecular Hbond substituents is 1. The second-order valence-electron chi connectivity index (χ2n) is 6.41. The Balaban J connectivity index is 1.79. The fourth-order valence-electron chi connectivity index (χ4n) is 3.05. The minimum absolute atomic E-state index is 0.237. The predicted octanol–water partition coefficient (Wildman–Crippen LogP) is 5.74. The van der Waals surface area contributed by atoms with Crippen molar-refractivity contribution in [1.82, 2.24) is 4.98 Å². The fourth-order valence-corrected chi connectivity index (χ4v) is 3.05. The number of aromatic hydroxyl groups is 1. The number of aromatic nitrogens is 1. The molecule has 4 rings (SSSR count). The molecule has 4 nitrogen and oxygen atoms in total. The van der Waals surface area contributed by atoms with E-state index in [1.165, 1.54) is 6.20 Å². The van der Waals surface area contributed by atoms with Gasteiger partial charge in [-0.25, -0.2) is 0 Å². The molecule has 0 fully saturated rings. The third-order valence-corrected chi connectivity index (χ3v) is 4.40. The van der Waals surface area contributed by atoms with Crippen LogP contribution in [-0.2, 0) is 0 Å². The van der Waals surface area contributed by atoms with E-state index in [-0.39, 0.29) is 5.75 Å². The normalized spacial score (nSPS) is 10.2.